The molecule has 0 bridgehead atoms. The van der Waals surface area contributed by atoms with Crippen LogP contribution in [0.3, 0.4) is 0 Å². The number of rotatable bonds is 8. The molecule has 0 saturated carbocycles. The lowest BCUT2D eigenvalue weighted by molar-refractivity contribution is -0.133. The van der Waals surface area contributed by atoms with E-state index in [1.54, 1.807) is 49.6 Å². The Morgan fingerprint density at radius 3 is 2.08 bits per heavy atom. The van der Waals surface area contributed by atoms with E-state index in [2.05, 4.69) is 0 Å². The van der Waals surface area contributed by atoms with E-state index in [0.717, 1.165) is 16.7 Å². The van der Waals surface area contributed by atoms with Crippen molar-refractivity contribution in [3.8, 4) is 28.4 Å². The fourth-order valence-corrected chi connectivity index (χ4v) is 4.42. The van der Waals surface area contributed by atoms with Crippen molar-refractivity contribution in [2.45, 2.75) is 6.42 Å². The monoisotopic (exact) mass is 506 g/mol. The number of fused-ring (bicyclic) bond motifs is 1. The lowest BCUT2D eigenvalue weighted by atomic mass is 9.89. The highest BCUT2D eigenvalue weighted by atomic mass is 16.7. The maximum Gasteiger partial charge on any atom is 0.338 e. The molecule has 0 atom stereocenters. The summed E-state index contributed by atoms with van der Waals surface area (Å²) in [7, 11) is 2.87. The molecule has 4 aromatic carbocycles. The molecule has 1 aliphatic heterocycles. The highest BCUT2D eigenvalue weighted by molar-refractivity contribution is 6.27. The number of carbonyl (C=O) groups is 2. The van der Waals surface area contributed by atoms with Gasteiger partial charge in [-0.2, -0.15) is 0 Å². The van der Waals surface area contributed by atoms with E-state index in [1.165, 1.54) is 7.11 Å². The zero-order chi connectivity index (χ0) is 26.5. The van der Waals surface area contributed by atoms with Crippen LogP contribution in [-0.4, -0.2) is 32.8 Å². The third-order valence-electron chi connectivity index (χ3n) is 6.42. The molecule has 6 heteroatoms. The molecule has 0 aliphatic carbocycles. The predicted molar refractivity (Wildman–Crippen MR) is 144 cm³/mol. The van der Waals surface area contributed by atoms with Crippen molar-refractivity contribution in [3.63, 3.8) is 0 Å². The lowest BCUT2D eigenvalue weighted by Crippen LogP contribution is -2.15. The Labute approximate surface area is 221 Å². The van der Waals surface area contributed by atoms with Crippen molar-refractivity contribution in [1.29, 1.82) is 0 Å². The van der Waals surface area contributed by atoms with Crippen LogP contribution in [-0.2, 0) is 16.0 Å². The van der Waals surface area contributed by atoms with Crippen molar-refractivity contribution < 1.29 is 28.5 Å². The Bertz CT molecular complexity index is 1490. The Balaban J connectivity index is 1.61. The largest absolute Gasteiger partial charge is 0.497 e. The lowest BCUT2D eigenvalue weighted by Gasteiger charge is -2.15. The second-order valence-corrected chi connectivity index (χ2v) is 8.71. The Morgan fingerprint density at radius 1 is 0.737 bits per heavy atom. The summed E-state index contributed by atoms with van der Waals surface area (Å²) in [5, 5.41) is 0. The van der Waals surface area contributed by atoms with Crippen LogP contribution in [0.5, 0.6) is 17.2 Å². The number of ketones is 1. The van der Waals surface area contributed by atoms with Crippen LogP contribution in [0.25, 0.3) is 16.7 Å². The SMILES string of the molecule is COC(=O)/C(=C(/Cc1ccc(-c2ccccc2)cc1)C(=O)c1ccc(OC)cc1)c1ccc2c(c1)OCO2. The average Bonchev–Trinajstić information content (AvgIpc) is 3.45. The molecule has 5 rings (SSSR count). The van der Waals surface area contributed by atoms with E-state index in [0.29, 0.717) is 33.9 Å². The number of allylic oxidation sites excluding steroid dienone is 1. The molecule has 0 fully saturated rings. The molecule has 0 amide bonds. The van der Waals surface area contributed by atoms with Gasteiger partial charge in [-0.25, -0.2) is 4.79 Å². The quantitative estimate of drug-likeness (QED) is 0.162. The van der Waals surface area contributed by atoms with Crippen molar-refractivity contribution in [2.75, 3.05) is 21.0 Å². The van der Waals surface area contributed by atoms with E-state index in [1.807, 2.05) is 54.6 Å². The molecule has 0 N–H and O–H groups in total. The van der Waals surface area contributed by atoms with Crippen LogP contribution in [0.15, 0.2) is 103 Å². The number of esters is 1. The maximum absolute atomic E-state index is 13.9. The highest BCUT2D eigenvalue weighted by Crippen LogP contribution is 2.36. The van der Waals surface area contributed by atoms with Gasteiger partial charge in [0.1, 0.15) is 5.75 Å². The van der Waals surface area contributed by atoms with Gasteiger partial charge in [-0.05, 0) is 58.7 Å². The Kier molecular flexibility index (Phi) is 7.22. The summed E-state index contributed by atoms with van der Waals surface area (Å²) < 4.78 is 21.4. The van der Waals surface area contributed by atoms with Crippen LogP contribution >= 0.6 is 0 Å². The summed E-state index contributed by atoms with van der Waals surface area (Å²) in [6.45, 7) is 0.0987. The molecule has 1 heterocycles. The molecule has 0 spiro atoms. The highest BCUT2D eigenvalue weighted by Gasteiger charge is 2.26. The van der Waals surface area contributed by atoms with Crippen molar-refractivity contribution in [3.05, 3.63) is 119 Å². The molecular weight excluding hydrogens is 480 g/mol. The van der Waals surface area contributed by atoms with Gasteiger partial charge in [0.25, 0.3) is 0 Å². The van der Waals surface area contributed by atoms with Gasteiger partial charge in [-0.15, -0.1) is 0 Å². The van der Waals surface area contributed by atoms with Crippen LogP contribution in [0.4, 0.5) is 0 Å². The van der Waals surface area contributed by atoms with Gasteiger partial charge < -0.3 is 18.9 Å². The van der Waals surface area contributed by atoms with Gasteiger partial charge in [0.05, 0.1) is 19.8 Å². The Morgan fingerprint density at radius 2 is 1.39 bits per heavy atom. The van der Waals surface area contributed by atoms with Gasteiger partial charge in [0.15, 0.2) is 17.3 Å². The smallest absolute Gasteiger partial charge is 0.338 e. The minimum Gasteiger partial charge on any atom is -0.497 e. The van der Waals surface area contributed by atoms with Gasteiger partial charge in [0.2, 0.25) is 6.79 Å². The molecule has 0 radical (unpaired) electrons. The van der Waals surface area contributed by atoms with Crippen molar-refractivity contribution in [1.82, 2.24) is 0 Å². The van der Waals surface area contributed by atoms with Crippen molar-refractivity contribution >= 4 is 17.3 Å². The van der Waals surface area contributed by atoms with E-state index in [-0.39, 0.29) is 24.6 Å². The predicted octanol–water partition coefficient (Wildman–Crippen LogP) is 6.14. The summed E-state index contributed by atoms with van der Waals surface area (Å²) >= 11 is 0. The van der Waals surface area contributed by atoms with Crippen molar-refractivity contribution in [2.24, 2.45) is 0 Å². The first kappa shape index (κ1) is 24.8. The van der Waals surface area contributed by atoms with E-state index in [4.69, 9.17) is 18.9 Å². The standard InChI is InChI=1S/C32H26O6/c1-35-26-15-12-24(13-16-26)31(33)27(18-21-8-10-23(11-9-21)22-6-4-3-5-7-22)30(32(34)36-2)25-14-17-28-29(19-25)38-20-37-28/h3-17,19H,18,20H2,1-2H3/b30-27-. The van der Waals surface area contributed by atoms with Gasteiger partial charge in [-0.1, -0.05) is 60.7 Å². The maximum atomic E-state index is 13.9. The number of Topliss-reactive ketones (excluding diaryl/α,β-unsaturated/α-hetero) is 1. The second kappa shape index (κ2) is 11.0. The molecule has 4 aromatic rings. The third-order valence-corrected chi connectivity index (χ3v) is 6.42. The van der Waals surface area contributed by atoms with Crippen LogP contribution < -0.4 is 14.2 Å². The zero-order valence-electron chi connectivity index (χ0n) is 21.1. The summed E-state index contributed by atoms with van der Waals surface area (Å²) in [5.74, 6) is 0.830. The molecule has 190 valence electrons. The summed E-state index contributed by atoms with van der Waals surface area (Å²) in [6, 6.07) is 30.0. The zero-order valence-corrected chi connectivity index (χ0v) is 21.1. The van der Waals surface area contributed by atoms with Gasteiger partial charge in [0, 0.05) is 17.6 Å². The average molecular weight is 507 g/mol. The molecule has 0 unspecified atom stereocenters. The second-order valence-electron chi connectivity index (χ2n) is 8.71. The number of ether oxygens (including phenoxy) is 4. The molecule has 1 aliphatic rings. The van der Waals surface area contributed by atoms with E-state index < -0.39 is 5.97 Å². The number of hydrogen-bond donors (Lipinski definition) is 0. The first-order valence-corrected chi connectivity index (χ1v) is 12.1. The summed E-state index contributed by atoms with van der Waals surface area (Å²) in [4.78, 5) is 27.1. The molecule has 6 nitrogen and oxygen atoms in total. The number of benzene rings is 4. The van der Waals surface area contributed by atoms with Crippen LogP contribution in [0.1, 0.15) is 21.5 Å². The molecule has 0 saturated heterocycles. The topological polar surface area (TPSA) is 71.1 Å². The minimum atomic E-state index is -0.610. The number of hydrogen-bond acceptors (Lipinski definition) is 6. The van der Waals surface area contributed by atoms with Gasteiger partial charge in [-0.3, -0.25) is 4.79 Å². The first-order chi connectivity index (χ1) is 18.6. The fourth-order valence-electron chi connectivity index (χ4n) is 4.42. The fraction of sp³-hybridized carbons (Fsp3) is 0.125. The Hall–Kier alpha value is -4.84. The summed E-state index contributed by atoms with van der Waals surface area (Å²) in [5.41, 5.74) is 4.48. The van der Waals surface area contributed by atoms with E-state index in [9.17, 15) is 9.59 Å². The number of methoxy groups -OCH3 is 2. The number of carbonyl (C=O) groups excluding carboxylic acids is 2. The normalized spacial score (nSPS) is 12.5. The molecular formula is C32H26O6. The molecule has 0 aromatic heterocycles. The van der Waals surface area contributed by atoms with Crippen LogP contribution in [0.2, 0.25) is 0 Å². The third kappa shape index (κ3) is 5.15. The molecule has 38 heavy (non-hydrogen) atoms. The first-order valence-electron chi connectivity index (χ1n) is 12.1. The van der Waals surface area contributed by atoms with Crippen LogP contribution in [0, 0.1) is 0 Å². The summed E-state index contributed by atoms with van der Waals surface area (Å²) in [6.07, 6.45) is 0.221. The van der Waals surface area contributed by atoms with Gasteiger partial charge >= 0.3 is 5.97 Å². The minimum absolute atomic E-state index is 0.0987. The van der Waals surface area contributed by atoms with E-state index >= 15 is 0 Å².